The van der Waals surface area contributed by atoms with Gasteiger partial charge in [0.1, 0.15) is 23.4 Å². The molecule has 0 aliphatic carbocycles. The molecule has 2 heterocycles. The summed E-state index contributed by atoms with van der Waals surface area (Å²) in [7, 11) is 0. The molecule has 3 aromatic rings. The quantitative estimate of drug-likeness (QED) is 0.702. The number of aromatic nitrogens is 1. The Morgan fingerprint density at radius 2 is 2.09 bits per heavy atom. The van der Waals surface area contributed by atoms with Gasteiger partial charge in [-0.15, -0.1) is 0 Å². The number of rotatable bonds is 5. The molecule has 5 nitrogen and oxygen atoms in total. The molecule has 0 aliphatic heterocycles. The summed E-state index contributed by atoms with van der Waals surface area (Å²) < 4.78 is 10.5. The van der Waals surface area contributed by atoms with Gasteiger partial charge in [-0.2, -0.15) is 0 Å². The highest BCUT2D eigenvalue weighted by atomic mass is 35.5. The topological polar surface area (TPSA) is 71.4 Å². The van der Waals surface area contributed by atoms with E-state index in [0.29, 0.717) is 28.6 Å². The summed E-state index contributed by atoms with van der Waals surface area (Å²) >= 11 is 6.20. The lowest BCUT2D eigenvalue weighted by Crippen LogP contribution is -2.21. The van der Waals surface area contributed by atoms with Crippen LogP contribution in [0.1, 0.15) is 23.3 Å². The molecule has 6 heteroatoms. The Kier molecular flexibility index (Phi) is 4.29. The molecule has 0 radical (unpaired) electrons. The van der Waals surface area contributed by atoms with Crippen molar-refractivity contribution in [3.8, 4) is 11.3 Å². The Morgan fingerprint density at radius 3 is 2.82 bits per heavy atom. The lowest BCUT2D eigenvalue weighted by molar-refractivity contribution is 0.133. The number of nitrogens with one attached hydrogen (secondary N) is 1. The van der Waals surface area contributed by atoms with Crippen molar-refractivity contribution in [1.29, 1.82) is 0 Å². The molecule has 22 heavy (non-hydrogen) atoms. The SMILES string of the molecule is Cc1onc(-c2ccccc2Cl)c1C(O)NCc1ccco1. The largest absolute Gasteiger partial charge is 0.468 e. The molecule has 0 spiro atoms. The highest BCUT2D eigenvalue weighted by molar-refractivity contribution is 6.33. The zero-order valence-corrected chi connectivity index (χ0v) is 12.7. The minimum atomic E-state index is -0.942. The fourth-order valence-electron chi connectivity index (χ4n) is 2.26. The van der Waals surface area contributed by atoms with Crippen LogP contribution in [-0.2, 0) is 6.54 Å². The van der Waals surface area contributed by atoms with Crippen LogP contribution < -0.4 is 5.32 Å². The first-order chi connectivity index (χ1) is 10.7. The van der Waals surface area contributed by atoms with E-state index in [0.717, 1.165) is 11.3 Å². The standard InChI is InChI=1S/C16H15ClN2O3/c1-10-14(16(20)18-9-11-5-4-8-21-11)15(19-22-10)12-6-2-3-7-13(12)17/h2-8,16,18,20H,9H2,1H3. The van der Waals surface area contributed by atoms with Crippen molar-refractivity contribution in [2.75, 3.05) is 0 Å². The molecule has 2 N–H and O–H groups in total. The van der Waals surface area contributed by atoms with Crippen molar-refractivity contribution < 1.29 is 14.0 Å². The second kappa shape index (κ2) is 6.36. The molecule has 0 aliphatic rings. The maximum Gasteiger partial charge on any atom is 0.141 e. The number of hydrogen-bond acceptors (Lipinski definition) is 5. The minimum Gasteiger partial charge on any atom is -0.468 e. The zero-order chi connectivity index (χ0) is 15.5. The minimum absolute atomic E-state index is 0.390. The summed E-state index contributed by atoms with van der Waals surface area (Å²) in [5.74, 6) is 1.27. The number of furan rings is 1. The van der Waals surface area contributed by atoms with E-state index in [1.807, 2.05) is 24.3 Å². The second-order valence-electron chi connectivity index (χ2n) is 4.84. The summed E-state index contributed by atoms with van der Waals surface area (Å²) in [4.78, 5) is 0. The molecule has 0 bridgehead atoms. The number of benzene rings is 1. The first-order valence-corrected chi connectivity index (χ1v) is 7.19. The second-order valence-corrected chi connectivity index (χ2v) is 5.25. The molecular weight excluding hydrogens is 304 g/mol. The van der Waals surface area contributed by atoms with E-state index in [1.165, 1.54) is 0 Å². The Morgan fingerprint density at radius 1 is 1.27 bits per heavy atom. The number of halogens is 1. The van der Waals surface area contributed by atoms with Crippen LogP contribution in [0.3, 0.4) is 0 Å². The van der Waals surface area contributed by atoms with Gasteiger partial charge in [-0.3, -0.25) is 5.32 Å². The smallest absolute Gasteiger partial charge is 0.141 e. The van der Waals surface area contributed by atoms with Crippen LogP contribution in [-0.4, -0.2) is 10.3 Å². The fourth-order valence-corrected chi connectivity index (χ4v) is 2.49. The molecule has 0 fully saturated rings. The Hall–Kier alpha value is -2.08. The van der Waals surface area contributed by atoms with Gasteiger partial charge in [-0.25, -0.2) is 0 Å². The van der Waals surface area contributed by atoms with E-state index < -0.39 is 6.23 Å². The van der Waals surface area contributed by atoms with Crippen LogP contribution in [0, 0.1) is 6.92 Å². The summed E-state index contributed by atoms with van der Waals surface area (Å²) in [5.41, 5.74) is 1.82. The van der Waals surface area contributed by atoms with E-state index in [4.69, 9.17) is 20.5 Å². The average Bonchev–Trinajstić information content (AvgIpc) is 3.15. The van der Waals surface area contributed by atoms with Crippen LogP contribution in [0.4, 0.5) is 0 Å². The van der Waals surface area contributed by atoms with Gasteiger partial charge in [0.2, 0.25) is 0 Å². The molecule has 0 saturated carbocycles. The van der Waals surface area contributed by atoms with Crippen LogP contribution >= 0.6 is 11.6 Å². The first-order valence-electron chi connectivity index (χ1n) is 6.81. The third-order valence-electron chi connectivity index (χ3n) is 3.36. The Labute approximate surface area is 132 Å². The van der Waals surface area contributed by atoms with Gasteiger partial charge in [0.25, 0.3) is 0 Å². The lowest BCUT2D eigenvalue weighted by atomic mass is 10.0. The van der Waals surface area contributed by atoms with Gasteiger partial charge in [0.15, 0.2) is 0 Å². The average molecular weight is 319 g/mol. The molecule has 2 aromatic heterocycles. The molecule has 114 valence electrons. The van der Waals surface area contributed by atoms with Gasteiger partial charge < -0.3 is 14.0 Å². The zero-order valence-electron chi connectivity index (χ0n) is 11.9. The number of aliphatic hydroxyl groups is 1. The third kappa shape index (κ3) is 2.92. The fraction of sp³-hybridized carbons (Fsp3) is 0.188. The molecule has 3 rings (SSSR count). The van der Waals surface area contributed by atoms with Crippen molar-refractivity contribution in [3.63, 3.8) is 0 Å². The molecule has 1 unspecified atom stereocenters. The van der Waals surface area contributed by atoms with Crippen LogP contribution in [0.2, 0.25) is 5.02 Å². The Bertz CT molecular complexity index is 753. The molecule has 1 atom stereocenters. The highest BCUT2D eigenvalue weighted by Gasteiger charge is 2.23. The number of aliphatic hydroxyl groups excluding tert-OH is 1. The number of hydrogen-bond donors (Lipinski definition) is 2. The molecular formula is C16H15ClN2O3. The number of aryl methyl sites for hydroxylation is 1. The van der Waals surface area contributed by atoms with Crippen LogP contribution in [0.15, 0.2) is 51.6 Å². The van der Waals surface area contributed by atoms with Crippen molar-refractivity contribution in [3.05, 3.63) is 64.8 Å². The van der Waals surface area contributed by atoms with Gasteiger partial charge in [0.05, 0.1) is 23.4 Å². The van der Waals surface area contributed by atoms with Gasteiger partial charge in [-0.1, -0.05) is 35.0 Å². The monoisotopic (exact) mass is 318 g/mol. The summed E-state index contributed by atoms with van der Waals surface area (Å²) in [6, 6.07) is 10.9. The van der Waals surface area contributed by atoms with Crippen LogP contribution in [0.25, 0.3) is 11.3 Å². The molecule has 1 aromatic carbocycles. The summed E-state index contributed by atoms with van der Waals surface area (Å²) in [5, 5.41) is 18.0. The van der Waals surface area contributed by atoms with Crippen LogP contribution in [0.5, 0.6) is 0 Å². The van der Waals surface area contributed by atoms with E-state index >= 15 is 0 Å². The maximum atomic E-state index is 10.4. The highest BCUT2D eigenvalue weighted by Crippen LogP contribution is 2.33. The third-order valence-corrected chi connectivity index (χ3v) is 3.69. The normalized spacial score (nSPS) is 12.5. The van der Waals surface area contributed by atoms with Gasteiger partial charge >= 0.3 is 0 Å². The molecule has 0 saturated heterocycles. The van der Waals surface area contributed by atoms with E-state index in [1.54, 1.807) is 25.3 Å². The van der Waals surface area contributed by atoms with E-state index in [9.17, 15) is 5.11 Å². The van der Waals surface area contributed by atoms with E-state index in [-0.39, 0.29) is 0 Å². The molecule has 0 amide bonds. The van der Waals surface area contributed by atoms with Crippen molar-refractivity contribution in [2.24, 2.45) is 0 Å². The lowest BCUT2D eigenvalue weighted by Gasteiger charge is -2.13. The maximum absolute atomic E-state index is 10.4. The van der Waals surface area contributed by atoms with Crippen molar-refractivity contribution >= 4 is 11.6 Å². The van der Waals surface area contributed by atoms with Crippen molar-refractivity contribution in [2.45, 2.75) is 19.7 Å². The Balaban J connectivity index is 1.87. The first kappa shape index (κ1) is 14.8. The van der Waals surface area contributed by atoms with Crippen molar-refractivity contribution in [1.82, 2.24) is 10.5 Å². The summed E-state index contributed by atoms with van der Waals surface area (Å²) in [6.45, 7) is 2.14. The van der Waals surface area contributed by atoms with Gasteiger partial charge in [0, 0.05) is 5.56 Å². The summed E-state index contributed by atoms with van der Waals surface area (Å²) in [6.07, 6.45) is 0.645. The predicted molar refractivity (Wildman–Crippen MR) is 82.2 cm³/mol. The predicted octanol–water partition coefficient (Wildman–Crippen LogP) is 3.68. The van der Waals surface area contributed by atoms with Gasteiger partial charge in [-0.05, 0) is 25.1 Å². The van der Waals surface area contributed by atoms with E-state index in [2.05, 4.69) is 10.5 Å². The number of nitrogens with zero attached hydrogens (tertiary/aromatic N) is 1.